The third-order valence-corrected chi connectivity index (χ3v) is 10.9. The molecule has 0 N–H and O–H groups in total. The van der Waals surface area contributed by atoms with Crippen molar-refractivity contribution in [3.8, 4) is 0 Å². The molecule has 0 aromatic heterocycles. The molecule has 4 fully saturated rings. The minimum atomic E-state index is 0. The van der Waals surface area contributed by atoms with E-state index in [0.717, 1.165) is 24.2 Å². The van der Waals surface area contributed by atoms with E-state index in [4.69, 9.17) is 0 Å². The van der Waals surface area contributed by atoms with Crippen LogP contribution in [0, 0.1) is 55.3 Å². The second-order valence-electron chi connectivity index (χ2n) is 13.2. The van der Waals surface area contributed by atoms with Gasteiger partial charge in [-0.1, -0.05) is 153 Å². The van der Waals surface area contributed by atoms with Crippen molar-refractivity contribution < 1.29 is 0 Å². The molecular formula is C40H66. The third-order valence-electron chi connectivity index (χ3n) is 10.9. The van der Waals surface area contributed by atoms with Crippen molar-refractivity contribution in [2.24, 2.45) is 41.4 Å². The summed E-state index contributed by atoms with van der Waals surface area (Å²) in [6.07, 6.45) is 19.3. The standard InChI is InChI=1S/C15H16.C12H20.C10H20.C2H6.CH4/c1-12-3-7-14(8-4-12)11-15-9-5-13(2)6-10-15;1-2-8-6-9-7-12(8)11-5-3-4-10(9)11;1-3-9-5-7-10(4-2)8-6-9;1-2;/h3-10H,11H2,1-2H3;8-12H,2-7H2,1H3;9-10H,3-8H2,1-2H3;1-2H3;1H4. The van der Waals surface area contributed by atoms with Crippen molar-refractivity contribution >= 4 is 0 Å². The summed E-state index contributed by atoms with van der Waals surface area (Å²) in [5, 5.41) is 0. The molecular weight excluding hydrogens is 480 g/mol. The number of benzene rings is 2. The van der Waals surface area contributed by atoms with Crippen LogP contribution in [0.2, 0.25) is 0 Å². The number of hydrogen-bond donors (Lipinski definition) is 0. The predicted molar refractivity (Wildman–Crippen MR) is 180 cm³/mol. The Hall–Kier alpha value is -1.56. The van der Waals surface area contributed by atoms with Gasteiger partial charge < -0.3 is 0 Å². The van der Waals surface area contributed by atoms with E-state index in [2.05, 4.69) is 83.1 Å². The van der Waals surface area contributed by atoms with Crippen molar-refractivity contribution in [1.29, 1.82) is 0 Å². The van der Waals surface area contributed by atoms with E-state index >= 15 is 0 Å². The molecule has 6 rings (SSSR count). The van der Waals surface area contributed by atoms with Crippen LogP contribution in [0.15, 0.2) is 48.5 Å². The summed E-state index contributed by atoms with van der Waals surface area (Å²) in [5.41, 5.74) is 5.40. The fourth-order valence-electron chi connectivity index (χ4n) is 8.38. The Morgan fingerprint density at radius 3 is 1.43 bits per heavy atom. The van der Waals surface area contributed by atoms with Crippen molar-refractivity contribution in [1.82, 2.24) is 0 Å². The molecule has 40 heavy (non-hydrogen) atoms. The molecule has 0 radical (unpaired) electrons. The van der Waals surface area contributed by atoms with Crippen LogP contribution in [0.1, 0.15) is 141 Å². The van der Waals surface area contributed by atoms with Crippen molar-refractivity contribution in [3.63, 3.8) is 0 Å². The highest BCUT2D eigenvalue weighted by Gasteiger charge is 2.52. The van der Waals surface area contributed by atoms with Crippen LogP contribution in [0.25, 0.3) is 0 Å². The summed E-state index contributed by atoms with van der Waals surface area (Å²) in [6.45, 7) is 15.3. The molecule has 0 amide bonds. The monoisotopic (exact) mass is 547 g/mol. The van der Waals surface area contributed by atoms with Crippen LogP contribution >= 0.6 is 0 Å². The van der Waals surface area contributed by atoms with Crippen LogP contribution < -0.4 is 0 Å². The molecule has 0 heteroatoms. The Balaban J connectivity index is 0.000000205. The van der Waals surface area contributed by atoms with E-state index in [1.807, 2.05) is 13.8 Å². The normalized spacial score (nSPS) is 29.4. The summed E-state index contributed by atoms with van der Waals surface area (Å²) >= 11 is 0. The molecule has 0 nitrogen and oxygen atoms in total. The van der Waals surface area contributed by atoms with Crippen LogP contribution in [0.5, 0.6) is 0 Å². The Morgan fingerprint density at radius 2 is 1.00 bits per heavy atom. The van der Waals surface area contributed by atoms with E-state index < -0.39 is 0 Å². The lowest BCUT2D eigenvalue weighted by Crippen LogP contribution is -2.23. The highest BCUT2D eigenvalue weighted by Crippen LogP contribution is 2.61. The van der Waals surface area contributed by atoms with Crippen molar-refractivity contribution in [2.45, 2.75) is 139 Å². The van der Waals surface area contributed by atoms with E-state index in [1.54, 1.807) is 32.1 Å². The highest BCUT2D eigenvalue weighted by molar-refractivity contribution is 5.29. The van der Waals surface area contributed by atoms with E-state index in [9.17, 15) is 0 Å². The Morgan fingerprint density at radius 1 is 0.550 bits per heavy atom. The molecule has 226 valence electrons. The summed E-state index contributed by atoms with van der Waals surface area (Å²) in [4.78, 5) is 0. The minimum Gasteiger partial charge on any atom is -0.0776 e. The van der Waals surface area contributed by atoms with E-state index in [0.29, 0.717) is 0 Å². The maximum Gasteiger partial charge on any atom is -0.00258 e. The van der Waals surface area contributed by atoms with Crippen LogP contribution in [0.3, 0.4) is 0 Å². The van der Waals surface area contributed by atoms with Gasteiger partial charge in [-0.15, -0.1) is 0 Å². The van der Waals surface area contributed by atoms with Gasteiger partial charge in [-0.2, -0.15) is 0 Å². The lowest BCUT2D eigenvalue weighted by atomic mass is 9.75. The first-order chi connectivity index (χ1) is 19.0. The molecule has 2 aromatic rings. The zero-order valence-electron chi connectivity index (χ0n) is 26.9. The summed E-state index contributed by atoms with van der Waals surface area (Å²) < 4.78 is 0. The average molecular weight is 547 g/mol. The van der Waals surface area contributed by atoms with Gasteiger partial charge in [0.25, 0.3) is 0 Å². The van der Waals surface area contributed by atoms with Gasteiger partial charge >= 0.3 is 0 Å². The van der Waals surface area contributed by atoms with Crippen LogP contribution in [-0.4, -0.2) is 0 Å². The Kier molecular flexibility index (Phi) is 15.7. The van der Waals surface area contributed by atoms with Gasteiger partial charge in [0.2, 0.25) is 0 Å². The van der Waals surface area contributed by atoms with Crippen LogP contribution in [-0.2, 0) is 6.42 Å². The maximum atomic E-state index is 2.40. The predicted octanol–water partition coefficient (Wildman–Crippen LogP) is 12.6. The van der Waals surface area contributed by atoms with Gasteiger partial charge in [-0.25, -0.2) is 0 Å². The summed E-state index contributed by atoms with van der Waals surface area (Å²) in [7, 11) is 0. The Labute approximate surface area is 251 Å². The zero-order chi connectivity index (χ0) is 28.2. The fraction of sp³-hybridized carbons (Fsp3) is 0.700. The number of aryl methyl sites for hydroxylation is 2. The van der Waals surface area contributed by atoms with Gasteiger partial charge in [0.15, 0.2) is 0 Å². The first-order valence-corrected chi connectivity index (χ1v) is 17.1. The molecule has 5 atom stereocenters. The first kappa shape index (κ1) is 34.6. The molecule has 0 saturated heterocycles. The fourth-order valence-corrected chi connectivity index (χ4v) is 8.38. The molecule has 4 saturated carbocycles. The number of rotatable bonds is 5. The van der Waals surface area contributed by atoms with Crippen LogP contribution in [0.4, 0.5) is 0 Å². The largest absolute Gasteiger partial charge is 0.0776 e. The molecule has 2 aromatic carbocycles. The molecule has 0 aliphatic heterocycles. The van der Waals surface area contributed by atoms with Gasteiger partial charge in [0.05, 0.1) is 0 Å². The molecule has 4 aliphatic rings. The SMILES string of the molecule is C.CC.CCC1CC2CC1C1CCCC21.CCC1CCC(CC)CC1.Cc1ccc(Cc2ccc(C)cc2)cc1. The molecule has 2 bridgehead atoms. The molecule has 0 heterocycles. The zero-order valence-corrected chi connectivity index (χ0v) is 26.9. The molecule has 4 aliphatic carbocycles. The van der Waals surface area contributed by atoms with Gasteiger partial charge in [-0.3, -0.25) is 0 Å². The van der Waals surface area contributed by atoms with E-state index in [1.165, 1.54) is 90.9 Å². The van der Waals surface area contributed by atoms with E-state index in [-0.39, 0.29) is 7.43 Å². The lowest BCUT2D eigenvalue weighted by molar-refractivity contribution is 0.185. The maximum absolute atomic E-state index is 2.40. The highest BCUT2D eigenvalue weighted by atomic mass is 14.6. The number of hydrogen-bond acceptors (Lipinski definition) is 0. The quantitative estimate of drug-likeness (QED) is 0.350. The smallest absolute Gasteiger partial charge is 0.00258 e. The third kappa shape index (κ3) is 9.77. The first-order valence-electron chi connectivity index (χ1n) is 17.1. The van der Waals surface area contributed by atoms with Gasteiger partial charge in [0.1, 0.15) is 0 Å². The topological polar surface area (TPSA) is 0 Å². The summed E-state index contributed by atoms with van der Waals surface area (Å²) in [6, 6.07) is 17.5. The second-order valence-corrected chi connectivity index (χ2v) is 13.2. The van der Waals surface area contributed by atoms with Crippen molar-refractivity contribution in [2.75, 3.05) is 0 Å². The molecule has 0 spiro atoms. The van der Waals surface area contributed by atoms with Gasteiger partial charge in [0, 0.05) is 0 Å². The minimum absolute atomic E-state index is 0. The second kappa shape index (κ2) is 18.1. The molecule has 5 unspecified atom stereocenters. The Bertz CT molecular complexity index is 841. The average Bonchev–Trinajstić information content (AvgIpc) is 3.72. The van der Waals surface area contributed by atoms with Crippen molar-refractivity contribution in [3.05, 3.63) is 70.8 Å². The summed E-state index contributed by atoms with van der Waals surface area (Å²) in [5.74, 6) is 8.01. The number of fused-ring (bicyclic) bond motifs is 5. The lowest BCUT2D eigenvalue weighted by Gasteiger charge is -2.30. The van der Waals surface area contributed by atoms with Gasteiger partial charge in [-0.05, 0) is 98.5 Å².